The Kier molecular flexibility index (Phi) is 7.11. The SMILES string of the molecule is COc1ccc2c(c1)c1cc(OC)ccc1n2-c1ccccc1Oc1ccccc1-c1ccccc1-c1nnc(-c2ccccc2)o1. The molecule has 8 rings (SSSR count). The molecule has 0 N–H and O–H groups in total. The molecule has 0 atom stereocenters. The summed E-state index contributed by atoms with van der Waals surface area (Å²) >= 11 is 0. The van der Waals surface area contributed by atoms with E-state index in [1.165, 1.54) is 0 Å². The minimum absolute atomic E-state index is 0.436. The second-order valence-electron chi connectivity index (χ2n) is 11.0. The average Bonchev–Trinajstić information content (AvgIpc) is 3.75. The molecule has 6 aromatic carbocycles. The van der Waals surface area contributed by atoms with E-state index in [0.29, 0.717) is 23.3 Å². The normalized spacial score (nSPS) is 11.2. The molecule has 0 amide bonds. The summed E-state index contributed by atoms with van der Waals surface area (Å²) < 4.78 is 26.4. The Hall–Kier alpha value is -6.34. The third-order valence-corrected chi connectivity index (χ3v) is 8.29. The number of hydrogen-bond donors (Lipinski definition) is 0. The zero-order chi connectivity index (χ0) is 31.7. The molecule has 0 aliphatic carbocycles. The van der Waals surface area contributed by atoms with Crippen molar-refractivity contribution in [3.05, 3.63) is 140 Å². The van der Waals surface area contributed by atoms with E-state index in [-0.39, 0.29) is 0 Å². The zero-order valence-corrected chi connectivity index (χ0v) is 25.8. The number of nitrogens with zero attached hydrogens (tertiary/aromatic N) is 3. The number of para-hydroxylation sites is 3. The van der Waals surface area contributed by atoms with Gasteiger partial charge in [0.25, 0.3) is 0 Å². The Balaban J connectivity index is 1.24. The quantitative estimate of drug-likeness (QED) is 0.169. The summed E-state index contributed by atoms with van der Waals surface area (Å²) in [5.41, 5.74) is 6.44. The lowest BCUT2D eigenvalue weighted by Gasteiger charge is -2.17. The first-order valence-corrected chi connectivity index (χ1v) is 15.2. The number of ether oxygens (including phenoxy) is 3. The Morgan fingerprint density at radius 1 is 0.511 bits per heavy atom. The predicted molar refractivity (Wildman–Crippen MR) is 185 cm³/mol. The van der Waals surface area contributed by atoms with Crippen LogP contribution in [0.15, 0.2) is 144 Å². The van der Waals surface area contributed by atoms with Gasteiger partial charge in [-0.1, -0.05) is 66.7 Å². The Morgan fingerprint density at radius 3 is 1.74 bits per heavy atom. The molecule has 0 unspecified atom stereocenters. The number of benzene rings is 6. The minimum Gasteiger partial charge on any atom is -0.497 e. The summed E-state index contributed by atoms with van der Waals surface area (Å²) in [5.74, 6) is 3.87. The third-order valence-electron chi connectivity index (χ3n) is 8.29. The van der Waals surface area contributed by atoms with Gasteiger partial charge in [-0.25, -0.2) is 0 Å². The standard InChI is InChI=1S/C40H29N3O4/c1-44-27-20-22-34-32(24-27)33-25-28(45-2)21-23-35(33)43(34)36-17-9-11-19-38(36)46-37-18-10-8-15-30(37)29-14-6-7-16-31(29)40-42-41-39(47-40)26-12-4-3-5-13-26/h3-25H,1-2H3. The molecule has 2 heterocycles. The van der Waals surface area contributed by atoms with E-state index in [9.17, 15) is 0 Å². The van der Waals surface area contributed by atoms with Crippen molar-refractivity contribution in [2.45, 2.75) is 0 Å². The summed E-state index contributed by atoms with van der Waals surface area (Å²) in [4.78, 5) is 0. The summed E-state index contributed by atoms with van der Waals surface area (Å²) in [6.07, 6.45) is 0. The Bertz CT molecular complexity index is 2310. The first-order valence-electron chi connectivity index (χ1n) is 15.2. The summed E-state index contributed by atoms with van der Waals surface area (Å²) in [6.45, 7) is 0. The molecule has 47 heavy (non-hydrogen) atoms. The Labute approximate surface area is 271 Å². The van der Waals surface area contributed by atoms with Gasteiger partial charge in [-0.05, 0) is 78.4 Å². The number of methoxy groups -OCH3 is 2. The molecule has 7 heteroatoms. The van der Waals surface area contributed by atoms with Crippen molar-refractivity contribution in [3.63, 3.8) is 0 Å². The van der Waals surface area contributed by atoms with Crippen LogP contribution in [0.4, 0.5) is 0 Å². The lowest BCUT2D eigenvalue weighted by Crippen LogP contribution is -1.98. The molecule has 228 valence electrons. The van der Waals surface area contributed by atoms with Gasteiger partial charge in [0, 0.05) is 27.5 Å². The molecule has 0 fully saturated rings. The van der Waals surface area contributed by atoms with Gasteiger partial charge >= 0.3 is 0 Å². The van der Waals surface area contributed by atoms with E-state index in [1.54, 1.807) is 14.2 Å². The van der Waals surface area contributed by atoms with Crippen molar-refractivity contribution in [2.24, 2.45) is 0 Å². The van der Waals surface area contributed by atoms with Gasteiger partial charge in [0.2, 0.25) is 11.8 Å². The van der Waals surface area contributed by atoms with Gasteiger partial charge in [0.05, 0.1) is 30.9 Å². The van der Waals surface area contributed by atoms with Crippen LogP contribution in [0.1, 0.15) is 0 Å². The highest BCUT2D eigenvalue weighted by Gasteiger charge is 2.20. The van der Waals surface area contributed by atoms with Crippen LogP contribution >= 0.6 is 0 Å². The minimum atomic E-state index is 0.436. The molecule has 0 aliphatic rings. The van der Waals surface area contributed by atoms with Crippen LogP contribution in [0.25, 0.3) is 61.5 Å². The predicted octanol–water partition coefficient (Wildman–Crippen LogP) is 9.98. The molecule has 0 radical (unpaired) electrons. The van der Waals surface area contributed by atoms with Crippen molar-refractivity contribution in [1.29, 1.82) is 0 Å². The smallest absolute Gasteiger partial charge is 0.248 e. The molecule has 8 aromatic rings. The largest absolute Gasteiger partial charge is 0.497 e. The highest BCUT2D eigenvalue weighted by Crippen LogP contribution is 2.42. The molecular formula is C40H29N3O4. The fourth-order valence-corrected chi connectivity index (χ4v) is 6.05. The highest BCUT2D eigenvalue weighted by molar-refractivity contribution is 6.10. The maximum atomic E-state index is 6.84. The van der Waals surface area contributed by atoms with Gasteiger partial charge in [-0.15, -0.1) is 10.2 Å². The number of rotatable bonds is 8. The van der Waals surface area contributed by atoms with Gasteiger partial charge in [0.1, 0.15) is 17.2 Å². The highest BCUT2D eigenvalue weighted by atomic mass is 16.5. The molecule has 2 aromatic heterocycles. The van der Waals surface area contributed by atoms with E-state index < -0.39 is 0 Å². The van der Waals surface area contributed by atoms with Crippen LogP contribution in [0.5, 0.6) is 23.0 Å². The molecule has 0 saturated heterocycles. The van der Waals surface area contributed by atoms with E-state index >= 15 is 0 Å². The van der Waals surface area contributed by atoms with Crippen LogP contribution < -0.4 is 14.2 Å². The summed E-state index contributed by atoms with van der Waals surface area (Å²) in [5, 5.41) is 10.9. The van der Waals surface area contributed by atoms with E-state index in [0.717, 1.165) is 61.2 Å². The van der Waals surface area contributed by atoms with Crippen LogP contribution in [-0.2, 0) is 0 Å². The fraction of sp³-hybridized carbons (Fsp3) is 0.0500. The van der Waals surface area contributed by atoms with Crippen molar-refractivity contribution in [3.8, 4) is 62.7 Å². The second kappa shape index (κ2) is 11.9. The van der Waals surface area contributed by atoms with Crippen molar-refractivity contribution in [2.75, 3.05) is 14.2 Å². The molecule has 0 spiro atoms. The third kappa shape index (κ3) is 5.04. The fourth-order valence-electron chi connectivity index (χ4n) is 6.05. The molecule has 0 bridgehead atoms. The molecule has 0 saturated carbocycles. The van der Waals surface area contributed by atoms with Gasteiger partial charge < -0.3 is 23.2 Å². The Morgan fingerprint density at radius 2 is 1.06 bits per heavy atom. The number of hydrogen-bond acceptors (Lipinski definition) is 6. The summed E-state index contributed by atoms with van der Waals surface area (Å²) in [6, 6.07) is 46.1. The molecule has 7 nitrogen and oxygen atoms in total. The lowest BCUT2D eigenvalue weighted by atomic mass is 9.99. The van der Waals surface area contributed by atoms with Gasteiger partial charge in [-0.2, -0.15) is 0 Å². The van der Waals surface area contributed by atoms with Crippen molar-refractivity contribution < 1.29 is 18.6 Å². The topological polar surface area (TPSA) is 71.5 Å². The van der Waals surface area contributed by atoms with Crippen LogP contribution in [-0.4, -0.2) is 29.0 Å². The maximum Gasteiger partial charge on any atom is 0.248 e. The lowest BCUT2D eigenvalue weighted by molar-refractivity contribution is 0.415. The first kappa shape index (κ1) is 28.2. The zero-order valence-electron chi connectivity index (χ0n) is 25.8. The van der Waals surface area contributed by atoms with Crippen molar-refractivity contribution >= 4 is 21.8 Å². The van der Waals surface area contributed by atoms with E-state index in [1.807, 2.05) is 109 Å². The van der Waals surface area contributed by atoms with Gasteiger partial charge in [0.15, 0.2) is 5.75 Å². The molecule has 0 aliphatic heterocycles. The first-order chi connectivity index (χ1) is 23.2. The van der Waals surface area contributed by atoms with Crippen molar-refractivity contribution in [1.82, 2.24) is 14.8 Å². The van der Waals surface area contributed by atoms with Crippen LogP contribution in [0.3, 0.4) is 0 Å². The van der Waals surface area contributed by atoms with E-state index in [2.05, 4.69) is 45.1 Å². The van der Waals surface area contributed by atoms with Gasteiger partial charge in [-0.3, -0.25) is 0 Å². The monoisotopic (exact) mass is 615 g/mol. The summed E-state index contributed by atoms with van der Waals surface area (Å²) in [7, 11) is 3.36. The maximum absolute atomic E-state index is 6.84. The molecular weight excluding hydrogens is 586 g/mol. The van der Waals surface area contributed by atoms with E-state index in [4.69, 9.17) is 18.6 Å². The number of fused-ring (bicyclic) bond motifs is 3. The van der Waals surface area contributed by atoms with Crippen LogP contribution in [0, 0.1) is 0 Å². The van der Waals surface area contributed by atoms with Crippen LogP contribution in [0.2, 0.25) is 0 Å². The average molecular weight is 616 g/mol. The number of aromatic nitrogens is 3. The second-order valence-corrected chi connectivity index (χ2v) is 11.0.